The predicted molar refractivity (Wildman–Crippen MR) is 31.3 cm³/mol. The van der Waals surface area contributed by atoms with E-state index in [0.717, 1.165) is 13.1 Å². The van der Waals surface area contributed by atoms with E-state index in [2.05, 4.69) is 15.5 Å². The van der Waals surface area contributed by atoms with Gasteiger partial charge < -0.3 is 5.32 Å². The number of hydrogen-bond donors (Lipinski definition) is 2. The third kappa shape index (κ3) is 0.481. The molecule has 0 fully saturated rings. The summed E-state index contributed by atoms with van der Waals surface area (Å²) in [5.74, 6) is 0.653. The molecule has 9 heavy (non-hydrogen) atoms. The highest BCUT2D eigenvalue weighted by atomic mass is 16.1. The fourth-order valence-electron chi connectivity index (χ4n) is 0.940. The first-order valence-electron chi connectivity index (χ1n) is 2.77. The molecule has 0 saturated carbocycles. The van der Waals surface area contributed by atoms with Crippen LogP contribution >= 0.6 is 0 Å². The third-order valence-electron chi connectivity index (χ3n) is 1.38. The first-order chi connectivity index (χ1) is 4.38. The Morgan fingerprint density at radius 1 is 1.67 bits per heavy atom. The van der Waals surface area contributed by atoms with Gasteiger partial charge in [0, 0.05) is 13.1 Å². The van der Waals surface area contributed by atoms with Crippen LogP contribution in [-0.4, -0.2) is 21.3 Å². The van der Waals surface area contributed by atoms with Gasteiger partial charge in [0.05, 0.1) is 0 Å². The summed E-state index contributed by atoms with van der Waals surface area (Å²) in [4.78, 5) is 10.7. The molecule has 0 radical (unpaired) electrons. The van der Waals surface area contributed by atoms with Crippen molar-refractivity contribution in [1.29, 1.82) is 0 Å². The molecule has 0 bridgehead atoms. The van der Waals surface area contributed by atoms with Crippen molar-refractivity contribution < 1.29 is 0 Å². The highest BCUT2D eigenvalue weighted by Gasteiger charge is 2.11. The molecule has 0 aliphatic carbocycles. The van der Waals surface area contributed by atoms with Crippen LogP contribution < -0.4 is 11.0 Å². The molecule has 5 heteroatoms. The number of aromatic amines is 1. The van der Waals surface area contributed by atoms with Crippen LogP contribution in [0.4, 0.5) is 5.95 Å². The fourth-order valence-corrected chi connectivity index (χ4v) is 0.940. The second kappa shape index (κ2) is 1.37. The highest BCUT2D eigenvalue weighted by molar-refractivity contribution is 5.26. The molecule has 0 amide bonds. The molecule has 0 unspecified atom stereocenters. The van der Waals surface area contributed by atoms with Gasteiger partial charge in [0.2, 0.25) is 5.95 Å². The Balaban J connectivity index is 2.70. The van der Waals surface area contributed by atoms with E-state index in [9.17, 15) is 4.79 Å². The molecule has 1 aromatic heterocycles. The van der Waals surface area contributed by atoms with Crippen LogP contribution in [0.25, 0.3) is 0 Å². The van der Waals surface area contributed by atoms with E-state index >= 15 is 0 Å². The molecular formula is C4H6N4O. The van der Waals surface area contributed by atoms with E-state index in [0.29, 0.717) is 5.95 Å². The number of fused-ring (bicyclic) bond motifs is 1. The van der Waals surface area contributed by atoms with Gasteiger partial charge in [-0.1, -0.05) is 0 Å². The van der Waals surface area contributed by atoms with E-state index in [1.165, 1.54) is 0 Å². The monoisotopic (exact) mass is 126 g/mol. The van der Waals surface area contributed by atoms with Crippen molar-refractivity contribution >= 4 is 5.95 Å². The van der Waals surface area contributed by atoms with E-state index < -0.39 is 0 Å². The Labute approximate surface area is 50.7 Å². The molecule has 2 N–H and O–H groups in total. The van der Waals surface area contributed by atoms with Gasteiger partial charge in [-0.25, -0.2) is 9.89 Å². The van der Waals surface area contributed by atoms with Crippen LogP contribution in [0.5, 0.6) is 0 Å². The molecule has 5 nitrogen and oxygen atoms in total. The van der Waals surface area contributed by atoms with Crippen LogP contribution in [0.3, 0.4) is 0 Å². The van der Waals surface area contributed by atoms with E-state index in [-0.39, 0.29) is 5.69 Å². The summed E-state index contributed by atoms with van der Waals surface area (Å²) in [7, 11) is 0. The summed E-state index contributed by atoms with van der Waals surface area (Å²) >= 11 is 0. The van der Waals surface area contributed by atoms with Crippen molar-refractivity contribution in [1.82, 2.24) is 14.8 Å². The molecule has 1 aromatic rings. The molecule has 1 aliphatic heterocycles. The van der Waals surface area contributed by atoms with Gasteiger partial charge >= 0.3 is 5.69 Å². The summed E-state index contributed by atoms with van der Waals surface area (Å²) in [6.45, 7) is 1.54. The lowest BCUT2D eigenvalue weighted by molar-refractivity contribution is 0.764. The van der Waals surface area contributed by atoms with Crippen molar-refractivity contribution in [2.75, 3.05) is 11.9 Å². The quantitative estimate of drug-likeness (QED) is 0.468. The van der Waals surface area contributed by atoms with Gasteiger partial charge in [-0.3, -0.25) is 4.57 Å². The van der Waals surface area contributed by atoms with Crippen LogP contribution in [0.2, 0.25) is 0 Å². The fraction of sp³-hybridized carbons (Fsp3) is 0.500. The lowest BCUT2D eigenvalue weighted by Crippen LogP contribution is -2.14. The van der Waals surface area contributed by atoms with Crippen molar-refractivity contribution in [3.63, 3.8) is 0 Å². The van der Waals surface area contributed by atoms with Crippen molar-refractivity contribution in [3.8, 4) is 0 Å². The van der Waals surface area contributed by atoms with Crippen LogP contribution in [0.1, 0.15) is 0 Å². The number of hydrogen-bond acceptors (Lipinski definition) is 3. The molecule has 2 heterocycles. The predicted octanol–water partition coefficient (Wildman–Crippen LogP) is -1.00. The van der Waals surface area contributed by atoms with Gasteiger partial charge in [0.1, 0.15) is 0 Å². The highest BCUT2D eigenvalue weighted by Crippen LogP contribution is 2.02. The van der Waals surface area contributed by atoms with Crippen LogP contribution in [0, 0.1) is 0 Å². The molecule has 1 aliphatic rings. The van der Waals surface area contributed by atoms with Crippen molar-refractivity contribution in [2.45, 2.75) is 6.54 Å². The van der Waals surface area contributed by atoms with Gasteiger partial charge in [0.25, 0.3) is 0 Å². The summed E-state index contributed by atoms with van der Waals surface area (Å²) in [5.41, 5.74) is -0.130. The zero-order chi connectivity index (χ0) is 6.27. The Kier molecular flexibility index (Phi) is 0.700. The SMILES string of the molecule is O=c1[nH]nc2n1CCN2. The zero-order valence-corrected chi connectivity index (χ0v) is 4.72. The molecule has 2 rings (SSSR count). The summed E-state index contributed by atoms with van der Waals surface area (Å²) in [6.07, 6.45) is 0. The van der Waals surface area contributed by atoms with Crippen molar-refractivity contribution in [3.05, 3.63) is 10.5 Å². The Morgan fingerprint density at radius 3 is 3.33 bits per heavy atom. The second-order valence-corrected chi connectivity index (χ2v) is 1.93. The molecule has 0 spiro atoms. The zero-order valence-electron chi connectivity index (χ0n) is 4.72. The summed E-state index contributed by atoms with van der Waals surface area (Å²) in [5, 5.41) is 8.99. The average Bonchev–Trinajstić information content (AvgIpc) is 2.35. The van der Waals surface area contributed by atoms with E-state index in [1.807, 2.05) is 0 Å². The lowest BCUT2D eigenvalue weighted by Gasteiger charge is -1.83. The molecule has 48 valence electrons. The number of nitrogens with zero attached hydrogens (tertiary/aromatic N) is 2. The van der Waals surface area contributed by atoms with Gasteiger partial charge in [-0.05, 0) is 0 Å². The third-order valence-corrected chi connectivity index (χ3v) is 1.38. The minimum Gasteiger partial charge on any atom is -0.352 e. The Hall–Kier alpha value is -1.26. The number of rotatable bonds is 0. The maximum absolute atomic E-state index is 10.7. The van der Waals surface area contributed by atoms with Gasteiger partial charge in [0.15, 0.2) is 0 Å². The van der Waals surface area contributed by atoms with E-state index in [1.54, 1.807) is 4.57 Å². The largest absolute Gasteiger partial charge is 0.352 e. The van der Waals surface area contributed by atoms with Gasteiger partial charge in [-0.15, -0.1) is 5.10 Å². The Morgan fingerprint density at radius 2 is 2.56 bits per heavy atom. The second-order valence-electron chi connectivity index (χ2n) is 1.93. The van der Waals surface area contributed by atoms with E-state index in [4.69, 9.17) is 0 Å². The maximum Gasteiger partial charge on any atom is 0.344 e. The first-order valence-corrected chi connectivity index (χ1v) is 2.77. The number of H-pyrrole nitrogens is 1. The maximum atomic E-state index is 10.7. The molecular weight excluding hydrogens is 120 g/mol. The Bertz CT molecular complexity index is 272. The number of aromatic nitrogens is 3. The van der Waals surface area contributed by atoms with Crippen molar-refractivity contribution in [2.24, 2.45) is 0 Å². The van der Waals surface area contributed by atoms with Gasteiger partial charge in [-0.2, -0.15) is 0 Å². The first kappa shape index (κ1) is 4.60. The summed E-state index contributed by atoms with van der Waals surface area (Å²) in [6, 6.07) is 0. The summed E-state index contributed by atoms with van der Waals surface area (Å²) < 4.78 is 1.57. The molecule has 0 saturated heterocycles. The minimum absolute atomic E-state index is 0.130. The molecule has 0 atom stereocenters. The number of nitrogens with one attached hydrogen (secondary N) is 2. The van der Waals surface area contributed by atoms with Crippen LogP contribution in [-0.2, 0) is 6.54 Å². The lowest BCUT2D eigenvalue weighted by atomic mass is 10.7. The topological polar surface area (TPSA) is 62.7 Å². The molecule has 0 aromatic carbocycles. The average molecular weight is 126 g/mol. The smallest absolute Gasteiger partial charge is 0.344 e. The minimum atomic E-state index is -0.130. The number of anilines is 1. The standard InChI is InChI=1S/C4H6N4O/c9-4-7-6-3-5-1-2-8(3)4/h1-2H2,(H,5,6)(H,7,9). The normalized spacial score (nSPS) is 15.1. The van der Waals surface area contributed by atoms with Crippen LogP contribution in [0.15, 0.2) is 4.79 Å².